The Balaban J connectivity index is 0.000000171. The number of fused-ring (bicyclic) bond motifs is 1. The van der Waals surface area contributed by atoms with E-state index in [9.17, 15) is 0 Å². The van der Waals surface area contributed by atoms with Crippen molar-refractivity contribution in [1.29, 1.82) is 0 Å². The van der Waals surface area contributed by atoms with Crippen LogP contribution < -0.4 is 5.32 Å². The highest BCUT2D eigenvalue weighted by Crippen LogP contribution is 2.25. The van der Waals surface area contributed by atoms with Gasteiger partial charge in [0.1, 0.15) is 0 Å². The fourth-order valence-corrected chi connectivity index (χ4v) is 2.08. The van der Waals surface area contributed by atoms with Crippen LogP contribution in [0.2, 0.25) is 0 Å². The van der Waals surface area contributed by atoms with Crippen molar-refractivity contribution in [2.24, 2.45) is 0 Å². The number of phosphoric acid groups is 1. The summed E-state index contributed by atoms with van der Waals surface area (Å²) in [7, 11) is -4.64. The van der Waals surface area contributed by atoms with Crippen molar-refractivity contribution >= 4 is 19.2 Å². The van der Waals surface area contributed by atoms with Crippen molar-refractivity contribution in [2.75, 3.05) is 6.54 Å². The standard InChI is InChI=1S/C7H9NS.H3O4P/c1-3-8-5-6-2-4-9-7(1)6;1-5(2,3)4/h2,4,8H,1,3,5H2;(H3,1,2,3,4). The molecule has 0 spiro atoms. The fraction of sp³-hybridized carbons (Fsp3) is 0.429. The third kappa shape index (κ3) is 4.85. The minimum Gasteiger partial charge on any atom is -0.312 e. The second-order valence-corrected chi connectivity index (χ2v) is 4.84. The molecule has 0 aliphatic carbocycles. The Hall–Kier alpha value is -0.230. The summed E-state index contributed by atoms with van der Waals surface area (Å²) in [4.78, 5) is 23.1. The first-order valence-electron chi connectivity index (χ1n) is 4.01. The first-order chi connectivity index (χ1) is 6.47. The van der Waals surface area contributed by atoms with Crippen molar-refractivity contribution in [2.45, 2.75) is 13.0 Å². The zero-order valence-electron chi connectivity index (χ0n) is 7.38. The third-order valence-electron chi connectivity index (χ3n) is 1.68. The minimum atomic E-state index is -4.64. The normalized spacial score (nSPS) is 15.4. The summed E-state index contributed by atoms with van der Waals surface area (Å²) in [5, 5.41) is 5.51. The maximum atomic E-state index is 8.88. The average Bonchev–Trinajstić information content (AvgIpc) is 2.47. The lowest BCUT2D eigenvalue weighted by Crippen LogP contribution is -2.21. The molecule has 1 aliphatic heterocycles. The molecule has 80 valence electrons. The van der Waals surface area contributed by atoms with E-state index in [2.05, 4.69) is 16.8 Å². The van der Waals surface area contributed by atoms with E-state index in [1.807, 2.05) is 11.3 Å². The summed E-state index contributed by atoms with van der Waals surface area (Å²) in [6.07, 6.45) is 1.23. The van der Waals surface area contributed by atoms with Gasteiger partial charge in [-0.2, -0.15) is 0 Å². The zero-order chi connectivity index (χ0) is 10.6. The maximum Gasteiger partial charge on any atom is 0.466 e. The molecular formula is C7H12NO4PS. The van der Waals surface area contributed by atoms with E-state index in [-0.39, 0.29) is 0 Å². The monoisotopic (exact) mass is 237 g/mol. The zero-order valence-corrected chi connectivity index (χ0v) is 9.09. The largest absolute Gasteiger partial charge is 0.466 e. The molecule has 1 aromatic heterocycles. The van der Waals surface area contributed by atoms with E-state index >= 15 is 0 Å². The molecule has 0 radical (unpaired) electrons. The predicted molar refractivity (Wildman–Crippen MR) is 54.0 cm³/mol. The van der Waals surface area contributed by atoms with Gasteiger partial charge in [0.25, 0.3) is 0 Å². The van der Waals surface area contributed by atoms with Crippen LogP contribution in [0.3, 0.4) is 0 Å². The quantitative estimate of drug-likeness (QED) is 0.492. The second-order valence-electron chi connectivity index (χ2n) is 2.81. The topological polar surface area (TPSA) is 89.8 Å². The summed E-state index contributed by atoms with van der Waals surface area (Å²) in [5.41, 5.74) is 1.51. The first kappa shape index (κ1) is 11.8. The minimum absolute atomic E-state index is 1.08. The molecule has 0 atom stereocenters. The lowest BCUT2D eigenvalue weighted by Gasteiger charge is -2.10. The lowest BCUT2D eigenvalue weighted by molar-refractivity contribution is 0.275. The number of rotatable bonds is 0. The van der Waals surface area contributed by atoms with Crippen LogP contribution in [0.5, 0.6) is 0 Å². The Labute approximate surface area is 85.6 Å². The van der Waals surface area contributed by atoms with Gasteiger partial charge in [0, 0.05) is 18.0 Å². The average molecular weight is 237 g/mol. The van der Waals surface area contributed by atoms with Gasteiger partial charge in [0.05, 0.1) is 0 Å². The van der Waals surface area contributed by atoms with Crippen LogP contribution >= 0.6 is 19.2 Å². The lowest BCUT2D eigenvalue weighted by atomic mass is 10.1. The Bertz CT molecular complexity index is 305. The van der Waals surface area contributed by atoms with Gasteiger partial charge in [-0.3, -0.25) is 0 Å². The fourth-order valence-electron chi connectivity index (χ4n) is 1.17. The highest BCUT2D eigenvalue weighted by molar-refractivity contribution is 7.45. The van der Waals surface area contributed by atoms with Crippen LogP contribution in [-0.4, -0.2) is 21.2 Å². The SMILES string of the molecule is O=P(O)(O)O.c1cc2c(s1)CCNC2. The van der Waals surface area contributed by atoms with Crippen molar-refractivity contribution in [3.8, 4) is 0 Å². The molecule has 1 aliphatic rings. The van der Waals surface area contributed by atoms with E-state index in [1.54, 1.807) is 4.88 Å². The Morgan fingerprint density at radius 1 is 1.43 bits per heavy atom. The Morgan fingerprint density at radius 2 is 2.07 bits per heavy atom. The molecule has 5 nitrogen and oxygen atoms in total. The number of thiophene rings is 1. The van der Waals surface area contributed by atoms with Gasteiger partial charge in [0.2, 0.25) is 0 Å². The van der Waals surface area contributed by atoms with Gasteiger partial charge in [-0.05, 0) is 23.4 Å². The summed E-state index contributed by atoms with van der Waals surface area (Å²) in [6.45, 7) is 2.24. The van der Waals surface area contributed by atoms with Crippen LogP contribution in [0.4, 0.5) is 0 Å². The van der Waals surface area contributed by atoms with Gasteiger partial charge in [-0.15, -0.1) is 11.3 Å². The van der Waals surface area contributed by atoms with Gasteiger partial charge >= 0.3 is 7.82 Å². The molecule has 0 bridgehead atoms. The summed E-state index contributed by atoms with van der Waals surface area (Å²) >= 11 is 1.89. The van der Waals surface area contributed by atoms with Crippen molar-refractivity contribution in [3.05, 3.63) is 21.9 Å². The highest BCUT2D eigenvalue weighted by Gasteiger charge is 2.07. The smallest absolute Gasteiger partial charge is 0.312 e. The van der Waals surface area contributed by atoms with Crippen LogP contribution in [-0.2, 0) is 17.5 Å². The molecule has 0 unspecified atom stereocenters. The first-order valence-corrected chi connectivity index (χ1v) is 6.45. The van der Waals surface area contributed by atoms with Crippen molar-refractivity contribution in [1.82, 2.24) is 5.32 Å². The van der Waals surface area contributed by atoms with Gasteiger partial charge < -0.3 is 20.0 Å². The number of nitrogens with one attached hydrogen (secondary N) is 1. The van der Waals surface area contributed by atoms with E-state index in [0.717, 1.165) is 13.1 Å². The molecule has 0 aromatic carbocycles. The van der Waals surface area contributed by atoms with E-state index in [1.165, 1.54) is 12.0 Å². The molecule has 0 amide bonds. The number of hydrogen-bond donors (Lipinski definition) is 4. The Morgan fingerprint density at radius 3 is 2.64 bits per heavy atom. The molecule has 14 heavy (non-hydrogen) atoms. The second kappa shape index (κ2) is 5.02. The molecule has 2 rings (SSSR count). The molecule has 1 aromatic rings. The van der Waals surface area contributed by atoms with Crippen LogP contribution in [0, 0.1) is 0 Å². The third-order valence-corrected chi connectivity index (χ3v) is 2.70. The summed E-state index contributed by atoms with van der Waals surface area (Å²) < 4.78 is 8.88. The molecule has 0 fully saturated rings. The molecule has 0 saturated carbocycles. The molecule has 7 heteroatoms. The van der Waals surface area contributed by atoms with Crippen molar-refractivity contribution < 1.29 is 19.2 Å². The molecule has 4 N–H and O–H groups in total. The number of hydrogen-bond acceptors (Lipinski definition) is 3. The molecular weight excluding hydrogens is 225 g/mol. The maximum absolute atomic E-state index is 8.88. The molecule has 2 heterocycles. The van der Waals surface area contributed by atoms with E-state index in [0.29, 0.717) is 0 Å². The van der Waals surface area contributed by atoms with Gasteiger partial charge in [-0.25, -0.2) is 4.57 Å². The summed E-state index contributed by atoms with van der Waals surface area (Å²) in [5.74, 6) is 0. The van der Waals surface area contributed by atoms with Crippen LogP contribution in [0.1, 0.15) is 10.4 Å². The van der Waals surface area contributed by atoms with Gasteiger partial charge in [0.15, 0.2) is 0 Å². The molecule has 0 saturated heterocycles. The highest BCUT2D eigenvalue weighted by atomic mass is 32.1. The van der Waals surface area contributed by atoms with E-state index in [4.69, 9.17) is 19.2 Å². The van der Waals surface area contributed by atoms with Crippen LogP contribution in [0.25, 0.3) is 0 Å². The Kier molecular flexibility index (Phi) is 4.25. The van der Waals surface area contributed by atoms with Crippen LogP contribution in [0.15, 0.2) is 11.4 Å². The summed E-state index contributed by atoms with van der Waals surface area (Å²) in [6, 6.07) is 2.21. The predicted octanol–water partition coefficient (Wildman–Crippen LogP) is 0.465. The van der Waals surface area contributed by atoms with Crippen molar-refractivity contribution in [3.63, 3.8) is 0 Å². The van der Waals surface area contributed by atoms with E-state index < -0.39 is 7.82 Å². The van der Waals surface area contributed by atoms with Gasteiger partial charge in [-0.1, -0.05) is 0 Å².